The Morgan fingerprint density at radius 2 is 2.16 bits per heavy atom. The number of carbonyl (C=O) groups excluding carboxylic acids is 2. The molecule has 19 heavy (non-hydrogen) atoms. The number of amides is 2. The molecular formula is C14H27N3O2. The third-order valence-electron chi connectivity index (χ3n) is 4.04. The number of rotatable bonds is 7. The van der Waals surface area contributed by atoms with Gasteiger partial charge in [-0.25, -0.2) is 0 Å². The van der Waals surface area contributed by atoms with Crippen LogP contribution < -0.4 is 11.1 Å². The largest absolute Gasteiger partial charge is 0.357 e. The maximum absolute atomic E-state index is 12.2. The Morgan fingerprint density at radius 1 is 1.42 bits per heavy atom. The zero-order valence-corrected chi connectivity index (χ0v) is 12.2. The standard InChI is InChI=1S/C14H27N3O2/c1-3-11(8-9-15)6-7-13(18)17-10-4-5-12(17)14(19)16-2/h11-12H,3-10,15H2,1-2H3,(H,16,19). The number of likely N-dealkylation sites (tertiary alicyclic amines) is 1. The zero-order valence-electron chi connectivity index (χ0n) is 12.2. The Labute approximate surface area is 115 Å². The summed E-state index contributed by atoms with van der Waals surface area (Å²) in [6.07, 6.45) is 5.15. The third-order valence-corrected chi connectivity index (χ3v) is 4.04. The van der Waals surface area contributed by atoms with Crippen molar-refractivity contribution in [2.45, 2.75) is 51.5 Å². The average molecular weight is 269 g/mol. The molecule has 0 spiro atoms. The first kappa shape index (κ1) is 16.0. The van der Waals surface area contributed by atoms with Crippen molar-refractivity contribution in [3.8, 4) is 0 Å². The van der Waals surface area contributed by atoms with Gasteiger partial charge in [0.05, 0.1) is 0 Å². The van der Waals surface area contributed by atoms with Crippen molar-refractivity contribution in [1.82, 2.24) is 10.2 Å². The second-order valence-electron chi connectivity index (χ2n) is 5.25. The predicted molar refractivity (Wildman–Crippen MR) is 75.5 cm³/mol. The van der Waals surface area contributed by atoms with Gasteiger partial charge in [0.2, 0.25) is 11.8 Å². The van der Waals surface area contributed by atoms with E-state index in [4.69, 9.17) is 5.73 Å². The summed E-state index contributed by atoms with van der Waals surface area (Å²) in [5.41, 5.74) is 5.57. The monoisotopic (exact) mass is 269 g/mol. The maximum Gasteiger partial charge on any atom is 0.242 e. The number of hydrogen-bond donors (Lipinski definition) is 2. The van der Waals surface area contributed by atoms with Crippen LogP contribution in [0.2, 0.25) is 0 Å². The number of carbonyl (C=O) groups is 2. The van der Waals surface area contributed by atoms with E-state index in [1.54, 1.807) is 11.9 Å². The van der Waals surface area contributed by atoms with E-state index >= 15 is 0 Å². The molecule has 2 unspecified atom stereocenters. The molecule has 5 heteroatoms. The molecule has 0 aromatic carbocycles. The molecule has 2 atom stereocenters. The normalized spacial score (nSPS) is 20.4. The Morgan fingerprint density at radius 3 is 2.74 bits per heavy atom. The minimum atomic E-state index is -0.257. The van der Waals surface area contributed by atoms with Gasteiger partial charge >= 0.3 is 0 Å². The summed E-state index contributed by atoms with van der Waals surface area (Å²) >= 11 is 0. The Balaban J connectivity index is 2.46. The highest BCUT2D eigenvalue weighted by atomic mass is 16.2. The van der Waals surface area contributed by atoms with Crippen molar-refractivity contribution < 1.29 is 9.59 Å². The van der Waals surface area contributed by atoms with E-state index in [1.807, 2.05) is 0 Å². The fourth-order valence-electron chi connectivity index (χ4n) is 2.76. The lowest BCUT2D eigenvalue weighted by Gasteiger charge is -2.24. The van der Waals surface area contributed by atoms with E-state index in [-0.39, 0.29) is 17.9 Å². The highest BCUT2D eigenvalue weighted by Crippen LogP contribution is 2.21. The molecule has 5 nitrogen and oxygen atoms in total. The van der Waals surface area contributed by atoms with Crippen LogP contribution in [0.3, 0.4) is 0 Å². The van der Waals surface area contributed by atoms with E-state index in [9.17, 15) is 9.59 Å². The fourth-order valence-corrected chi connectivity index (χ4v) is 2.76. The minimum absolute atomic E-state index is 0.0418. The number of likely N-dealkylation sites (N-methyl/N-ethyl adjacent to an activating group) is 1. The summed E-state index contributed by atoms with van der Waals surface area (Å²) in [6, 6.07) is -0.257. The average Bonchev–Trinajstić information content (AvgIpc) is 2.91. The molecule has 1 fully saturated rings. The molecule has 0 aromatic rings. The molecule has 1 heterocycles. The number of nitrogens with zero attached hydrogens (tertiary/aromatic N) is 1. The van der Waals surface area contributed by atoms with Gasteiger partial charge in [0.25, 0.3) is 0 Å². The minimum Gasteiger partial charge on any atom is -0.357 e. The van der Waals surface area contributed by atoms with Gasteiger partial charge in [-0.3, -0.25) is 9.59 Å². The number of nitrogens with two attached hydrogens (primary N) is 1. The first-order chi connectivity index (χ1) is 9.13. The number of hydrogen-bond acceptors (Lipinski definition) is 3. The molecule has 0 aliphatic carbocycles. The molecular weight excluding hydrogens is 242 g/mol. The number of nitrogens with one attached hydrogen (secondary N) is 1. The zero-order chi connectivity index (χ0) is 14.3. The molecule has 110 valence electrons. The van der Waals surface area contributed by atoms with Gasteiger partial charge in [-0.2, -0.15) is 0 Å². The van der Waals surface area contributed by atoms with Gasteiger partial charge in [0.1, 0.15) is 6.04 Å². The molecule has 2 amide bonds. The van der Waals surface area contributed by atoms with Gasteiger partial charge in [0, 0.05) is 20.0 Å². The van der Waals surface area contributed by atoms with Crippen LogP contribution >= 0.6 is 0 Å². The maximum atomic E-state index is 12.2. The third kappa shape index (κ3) is 4.49. The molecule has 0 radical (unpaired) electrons. The first-order valence-electron chi connectivity index (χ1n) is 7.35. The second kappa shape index (κ2) is 8.15. The smallest absolute Gasteiger partial charge is 0.242 e. The summed E-state index contributed by atoms with van der Waals surface area (Å²) < 4.78 is 0. The first-order valence-corrected chi connectivity index (χ1v) is 7.35. The fraction of sp³-hybridized carbons (Fsp3) is 0.857. The van der Waals surface area contributed by atoms with Crippen LogP contribution in [0, 0.1) is 5.92 Å². The second-order valence-corrected chi connectivity index (χ2v) is 5.25. The van der Waals surface area contributed by atoms with Crippen LogP contribution in [0.1, 0.15) is 45.4 Å². The SMILES string of the molecule is CCC(CCN)CCC(=O)N1CCCC1C(=O)NC. The highest BCUT2D eigenvalue weighted by Gasteiger charge is 2.33. The van der Waals surface area contributed by atoms with Crippen molar-refractivity contribution in [3.05, 3.63) is 0 Å². The lowest BCUT2D eigenvalue weighted by atomic mass is 9.96. The van der Waals surface area contributed by atoms with Crippen LogP contribution in [-0.4, -0.2) is 42.9 Å². The van der Waals surface area contributed by atoms with Crippen molar-refractivity contribution in [2.24, 2.45) is 11.7 Å². The van der Waals surface area contributed by atoms with E-state index in [0.29, 0.717) is 25.4 Å². The van der Waals surface area contributed by atoms with Gasteiger partial charge in [-0.1, -0.05) is 13.3 Å². The molecule has 3 N–H and O–H groups in total. The van der Waals surface area contributed by atoms with Crippen molar-refractivity contribution in [3.63, 3.8) is 0 Å². The summed E-state index contributed by atoms with van der Waals surface area (Å²) in [7, 11) is 1.62. The van der Waals surface area contributed by atoms with E-state index in [1.165, 1.54) is 0 Å². The van der Waals surface area contributed by atoms with Gasteiger partial charge in [0.15, 0.2) is 0 Å². The molecule has 1 saturated heterocycles. The summed E-state index contributed by atoms with van der Waals surface area (Å²) in [6.45, 7) is 3.52. The molecule has 1 rings (SSSR count). The summed E-state index contributed by atoms with van der Waals surface area (Å²) in [4.78, 5) is 25.7. The van der Waals surface area contributed by atoms with E-state index in [2.05, 4.69) is 12.2 Å². The topological polar surface area (TPSA) is 75.4 Å². The Bertz CT molecular complexity index is 307. The molecule has 0 bridgehead atoms. The summed E-state index contributed by atoms with van der Waals surface area (Å²) in [5, 5.41) is 2.64. The highest BCUT2D eigenvalue weighted by molar-refractivity contribution is 5.88. The van der Waals surface area contributed by atoms with Crippen LogP contribution in [-0.2, 0) is 9.59 Å². The van der Waals surface area contributed by atoms with Crippen LogP contribution in [0.5, 0.6) is 0 Å². The molecule has 1 aliphatic rings. The van der Waals surface area contributed by atoms with Crippen molar-refractivity contribution >= 4 is 11.8 Å². The Hall–Kier alpha value is -1.10. The molecule has 1 aliphatic heterocycles. The van der Waals surface area contributed by atoms with Gasteiger partial charge in [-0.15, -0.1) is 0 Å². The van der Waals surface area contributed by atoms with Crippen LogP contribution in [0.15, 0.2) is 0 Å². The van der Waals surface area contributed by atoms with Gasteiger partial charge in [-0.05, 0) is 38.1 Å². The van der Waals surface area contributed by atoms with Gasteiger partial charge < -0.3 is 16.0 Å². The molecule has 0 saturated carbocycles. The van der Waals surface area contributed by atoms with Crippen LogP contribution in [0.4, 0.5) is 0 Å². The van der Waals surface area contributed by atoms with Crippen LogP contribution in [0.25, 0.3) is 0 Å². The van der Waals surface area contributed by atoms with E-state index in [0.717, 1.165) is 32.1 Å². The quantitative estimate of drug-likeness (QED) is 0.720. The molecule has 0 aromatic heterocycles. The lowest BCUT2D eigenvalue weighted by molar-refractivity contribution is -0.138. The summed E-state index contributed by atoms with van der Waals surface area (Å²) in [5.74, 6) is 0.594. The predicted octanol–water partition coefficient (Wildman–Crippen LogP) is 0.879. The Kier molecular flexibility index (Phi) is 6.84. The lowest BCUT2D eigenvalue weighted by Crippen LogP contribution is -2.44. The van der Waals surface area contributed by atoms with E-state index < -0.39 is 0 Å². The van der Waals surface area contributed by atoms with Crippen molar-refractivity contribution in [2.75, 3.05) is 20.1 Å². The van der Waals surface area contributed by atoms with Crippen molar-refractivity contribution in [1.29, 1.82) is 0 Å².